The average molecular weight is 972 g/mol. The van der Waals surface area contributed by atoms with E-state index in [9.17, 15) is 14.7 Å². The van der Waals surface area contributed by atoms with Gasteiger partial charge in [0.25, 0.3) is 0 Å². The van der Waals surface area contributed by atoms with E-state index in [1.54, 1.807) is 0 Å². The van der Waals surface area contributed by atoms with Gasteiger partial charge < -0.3 is 14.6 Å². The minimum Gasteiger partial charge on any atom is -0.462 e. The Hall–Kier alpha value is -3.44. The summed E-state index contributed by atoms with van der Waals surface area (Å²) < 4.78 is 10.7. The Balaban J connectivity index is 3.57. The molecule has 0 spiro atoms. The summed E-state index contributed by atoms with van der Waals surface area (Å²) in [6.07, 6.45) is 86.3. The molecule has 0 aromatic heterocycles. The number of esters is 2. The van der Waals surface area contributed by atoms with E-state index in [1.165, 1.54) is 148 Å². The Morgan fingerprint density at radius 2 is 0.614 bits per heavy atom. The molecular formula is C65H110O5. The van der Waals surface area contributed by atoms with E-state index in [2.05, 4.69) is 123 Å². The number of hydrogen-bond donors (Lipinski definition) is 1. The molecule has 0 bridgehead atoms. The van der Waals surface area contributed by atoms with Crippen LogP contribution in [-0.2, 0) is 19.1 Å². The minimum absolute atomic E-state index is 0.0765. The fourth-order valence-electron chi connectivity index (χ4n) is 8.15. The molecular weight excluding hydrogens is 861 g/mol. The standard InChI is InChI=1S/C65H110O5/c1-3-5-7-9-11-13-15-17-19-21-23-25-27-29-30-31-32-33-34-36-38-40-42-44-46-48-50-52-54-56-58-60-65(68)70-63(61-66)62-69-64(67)59-57-55-53-51-49-47-45-43-41-39-37-35-28-26-24-22-20-18-16-14-12-10-8-6-4-2/h5,7,11,13,17,19,22-25,29-30,32-33,36,38,42,44,63,66H,3-4,6,8-10,12,14-16,18,20-21,26-28,31,34-35,37,39-41,43,45-62H2,1-2H3/b7-5-,13-11-,19-17-,24-22-,25-23-,30-29-,33-32-,38-36-,44-42-. The van der Waals surface area contributed by atoms with Gasteiger partial charge in [0, 0.05) is 12.8 Å². The van der Waals surface area contributed by atoms with Crippen molar-refractivity contribution in [3.8, 4) is 0 Å². The lowest BCUT2D eigenvalue weighted by atomic mass is 10.0. The van der Waals surface area contributed by atoms with Crippen LogP contribution in [0, 0.1) is 0 Å². The lowest BCUT2D eigenvalue weighted by Crippen LogP contribution is -2.28. The lowest BCUT2D eigenvalue weighted by Gasteiger charge is -2.15. The second-order valence-corrected chi connectivity index (χ2v) is 19.3. The molecule has 1 unspecified atom stereocenters. The molecule has 0 aromatic carbocycles. The molecule has 0 amide bonds. The molecule has 0 saturated carbocycles. The summed E-state index contributed by atoms with van der Waals surface area (Å²) in [5.74, 6) is -0.607. The SMILES string of the molecule is CC/C=C\C/C=C\C/C=C\C/C=C\C/C=C\C/C=C\C/C=C\C/C=C\CCCCCCCCC(=O)OC(CO)COC(=O)CCCCCCCCCCCCCCC/C=C\CCCCCCCCCC. The topological polar surface area (TPSA) is 72.8 Å². The van der Waals surface area contributed by atoms with E-state index in [-0.39, 0.29) is 25.2 Å². The van der Waals surface area contributed by atoms with E-state index < -0.39 is 6.10 Å². The number of aliphatic hydroxyl groups is 1. The first-order chi connectivity index (χ1) is 34.6. The fraction of sp³-hybridized carbons (Fsp3) is 0.692. The third kappa shape index (κ3) is 57.1. The molecule has 0 rings (SSSR count). The van der Waals surface area contributed by atoms with Crippen molar-refractivity contribution in [2.24, 2.45) is 0 Å². The van der Waals surface area contributed by atoms with Crippen molar-refractivity contribution >= 4 is 11.9 Å². The van der Waals surface area contributed by atoms with Crippen LogP contribution in [0.1, 0.15) is 271 Å². The molecule has 0 radical (unpaired) electrons. The van der Waals surface area contributed by atoms with Gasteiger partial charge in [-0.2, -0.15) is 0 Å². The summed E-state index contributed by atoms with van der Waals surface area (Å²) in [5.41, 5.74) is 0. The number of allylic oxidation sites excluding steroid dienone is 18. The van der Waals surface area contributed by atoms with Gasteiger partial charge in [0.15, 0.2) is 6.10 Å². The predicted molar refractivity (Wildman–Crippen MR) is 306 cm³/mol. The van der Waals surface area contributed by atoms with Crippen molar-refractivity contribution in [2.45, 2.75) is 277 Å². The molecule has 5 heteroatoms. The highest BCUT2D eigenvalue weighted by atomic mass is 16.6. The van der Waals surface area contributed by atoms with Gasteiger partial charge in [-0.05, 0) is 103 Å². The third-order valence-corrected chi connectivity index (χ3v) is 12.6. The number of unbranched alkanes of at least 4 members (excludes halogenated alkanes) is 27. The number of carbonyl (C=O) groups is 2. The van der Waals surface area contributed by atoms with Gasteiger partial charge in [0.2, 0.25) is 0 Å². The maximum Gasteiger partial charge on any atom is 0.306 e. The number of carbonyl (C=O) groups excluding carboxylic acids is 2. The van der Waals surface area contributed by atoms with Crippen LogP contribution < -0.4 is 0 Å². The average Bonchev–Trinajstić information content (AvgIpc) is 3.36. The quantitative estimate of drug-likeness (QED) is 0.0373. The third-order valence-electron chi connectivity index (χ3n) is 12.6. The minimum atomic E-state index is -0.788. The molecule has 0 fully saturated rings. The highest BCUT2D eigenvalue weighted by Gasteiger charge is 2.16. The molecule has 1 atom stereocenters. The Morgan fingerprint density at radius 3 is 0.943 bits per heavy atom. The molecule has 0 aliphatic heterocycles. The van der Waals surface area contributed by atoms with E-state index in [0.29, 0.717) is 12.8 Å². The van der Waals surface area contributed by atoms with Gasteiger partial charge in [0.05, 0.1) is 6.61 Å². The summed E-state index contributed by atoms with van der Waals surface area (Å²) in [6, 6.07) is 0. The second-order valence-electron chi connectivity index (χ2n) is 19.3. The number of aliphatic hydroxyl groups excluding tert-OH is 1. The van der Waals surface area contributed by atoms with Crippen molar-refractivity contribution in [1.29, 1.82) is 0 Å². The van der Waals surface area contributed by atoms with Crippen molar-refractivity contribution < 1.29 is 24.2 Å². The summed E-state index contributed by atoms with van der Waals surface area (Å²) >= 11 is 0. The van der Waals surface area contributed by atoms with Gasteiger partial charge in [-0.3, -0.25) is 9.59 Å². The van der Waals surface area contributed by atoms with Gasteiger partial charge in [-0.1, -0.05) is 264 Å². The molecule has 0 aliphatic rings. The molecule has 5 nitrogen and oxygen atoms in total. The Bertz CT molecular complexity index is 1380. The van der Waals surface area contributed by atoms with Crippen LogP contribution in [0.5, 0.6) is 0 Å². The Morgan fingerprint density at radius 1 is 0.343 bits per heavy atom. The van der Waals surface area contributed by atoms with Crippen LogP contribution in [0.15, 0.2) is 109 Å². The lowest BCUT2D eigenvalue weighted by molar-refractivity contribution is -0.161. The number of hydrogen-bond acceptors (Lipinski definition) is 5. The smallest absolute Gasteiger partial charge is 0.306 e. The van der Waals surface area contributed by atoms with Crippen LogP contribution in [0.3, 0.4) is 0 Å². The van der Waals surface area contributed by atoms with Crippen LogP contribution in [0.4, 0.5) is 0 Å². The Kier molecular flexibility index (Phi) is 56.9. The zero-order valence-corrected chi connectivity index (χ0v) is 45.7. The molecule has 0 heterocycles. The Labute approximate surface area is 433 Å². The van der Waals surface area contributed by atoms with Crippen LogP contribution in [-0.4, -0.2) is 36.4 Å². The van der Waals surface area contributed by atoms with Gasteiger partial charge in [-0.25, -0.2) is 0 Å². The normalized spacial score (nSPS) is 13.0. The van der Waals surface area contributed by atoms with E-state index >= 15 is 0 Å². The molecule has 0 aliphatic carbocycles. The molecule has 0 aromatic rings. The highest BCUT2D eigenvalue weighted by molar-refractivity contribution is 5.70. The van der Waals surface area contributed by atoms with Crippen LogP contribution in [0.2, 0.25) is 0 Å². The first kappa shape index (κ1) is 66.6. The highest BCUT2D eigenvalue weighted by Crippen LogP contribution is 2.15. The largest absolute Gasteiger partial charge is 0.462 e. The first-order valence-corrected chi connectivity index (χ1v) is 29.4. The summed E-state index contributed by atoms with van der Waals surface area (Å²) in [7, 11) is 0. The summed E-state index contributed by atoms with van der Waals surface area (Å²) in [5, 5.41) is 9.66. The second kappa shape index (κ2) is 59.9. The summed E-state index contributed by atoms with van der Waals surface area (Å²) in [4.78, 5) is 24.6. The van der Waals surface area contributed by atoms with Crippen molar-refractivity contribution in [3.63, 3.8) is 0 Å². The van der Waals surface area contributed by atoms with Crippen molar-refractivity contribution in [1.82, 2.24) is 0 Å². The fourth-order valence-corrected chi connectivity index (χ4v) is 8.15. The molecule has 70 heavy (non-hydrogen) atoms. The summed E-state index contributed by atoms with van der Waals surface area (Å²) in [6.45, 7) is 4.03. The zero-order valence-electron chi connectivity index (χ0n) is 45.7. The van der Waals surface area contributed by atoms with Gasteiger partial charge in [-0.15, -0.1) is 0 Å². The van der Waals surface area contributed by atoms with E-state index in [0.717, 1.165) is 96.3 Å². The van der Waals surface area contributed by atoms with Crippen molar-refractivity contribution in [2.75, 3.05) is 13.2 Å². The number of ether oxygens (including phenoxy) is 2. The molecule has 1 N–H and O–H groups in total. The maximum atomic E-state index is 12.3. The molecule has 400 valence electrons. The van der Waals surface area contributed by atoms with Gasteiger partial charge in [0.1, 0.15) is 6.61 Å². The van der Waals surface area contributed by atoms with E-state index in [1.807, 2.05) is 0 Å². The first-order valence-electron chi connectivity index (χ1n) is 29.4. The number of rotatable bonds is 53. The van der Waals surface area contributed by atoms with Crippen LogP contribution >= 0.6 is 0 Å². The predicted octanol–water partition coefficient (Wildman–Crippen LogP) is 20.1. The van der Waals surface area contributed by atoms with Crippen LogP contribution in [0.25, 0.3) is 0 Å². The maximum absolute atomic E-state index is 12.3. The van der Waals surface area contributed by atoms with Gasteiger partial charge >= 0.3 is 11.9 Å². The monoisotopic (exact) mass is 971 g/mol. The van der Waals surface area contributed by atoms with Crippen molar-refractivity contribution in [3.05, 3.63) is 109 Å². The zero-order chi connectivity index (χ0) is 50.6. The van der Waals surface area contributed by atoms with E-state index in [4.69, 9.17) is 9.47 Å². The molecule has 0 saturated heterocycles.